The summed E-state index contributed by atoms with van der Waals surface area (Å²) in [6.07, 6.45) is 6.35. The summed E-state index contributed by atoms with van der Waals surface area (Å²) in [6.45, 7) is 9.28. The quantitative estimate of drug-likeness (QED) is 0.812. The molecule has 0 atom stereocenters. The third-order valence-corrected chi connectivity index (χ3v) is 2.70. The summed E-state index contributed by atoms with van der Waals surface area (Å²) in [4.78, 5) is 4.21. The molecule has 2 aromatic rings. The average molecular weight is 273 g/mol. The van der Waals surface area contributed by atoms with E-state index in [0.717, 1.165) is 31.7 Å². The summed E-state index contributed by atoms with van der Waals surface area (Å²) in [5.74, 6) is 0. The standard InChI is InChI=1S/C14H19N3.C3H8/c1-13-11-17(12-16-13)9-5-8-15-10-14-6-3-2-4-7-14;1-3-2/h2-4,6-7,11-12,15H,5,8-10H2,1H3;3H2,1-2H3. The molecule has 0 unspecified atom stereocenters. The van der Waals surface area contributed by atoms with Gasteiger partial charge in [-0.15, -0.1) is 0 Å². The maximum absolute atomic E-state index is 4.21. The van der Waals surface area contributed by atoms with Crippen molar-refractivity contribution in [3.63, 3.8) is 0 Å². The van der Waals surface area contributed by atoms with Crippen molar-refractivity contribution in [2.24, 2.45) is 0 Å². The summed E-state index contributed by atoms with van der Waals surface area (Å²) in [5.41, 5.74) is 2.42. The van der Waals surface area contributed by atoms with E-state index in [1.54, 1.807) is 0 Å². The van der Waals surface area contributed by atoms with Gasteiger partial charge in [-0.1, -0.05) is 50.6 Å². The Balaban J connectivity index is 0.000000612. The molecule has 1 aromatic heterocycles. The van der Waals surface area contributed by atoms with E-state index in [-0.39, 0.29) is 0 Å². The van der Waals surface area contributed by atoms with Gasteiger partial charge in [0.2, 0.25) is 0 Å². The van der Waals surface area contributed by atoms with Gasteiger partial charge >= 0.3 is 0 Å². The van der Waals surface area contributed by atoms with Crippen LogP contribution in [0.25, 0.3) is 0 Å². The van der Waals surface area contributed by atoms with Crippen LogP contribution in [0, 0.1) is 6.92 Å². The number of hydrogen-bond donors (Lipinski definition) is 1. The zero-order valence-corrected chi connectivity index (χ0v) is 13.0. The molecule has 0 radical (unpaired) electrons. The summed E-state index contributed by atoms with van der Waals surface area (Å²) >= 11 is 0. The second kappa shape index (κ2) is 10.2. The zero-order valence-electron chi connectivity index (χ0n) is 13.0. The molecule has 1 heterocycles. The molecule has 0 saturated heterocycles. The van der Waals surface area contributed by atoms with Gasteiger partial charge in [0.25, 0.3) is 0 Å². The van der Waals surface area contributed by atoms with Crippen LogP contribution < -0.4 is 5.32 Å². The Bertz CT molecular complexity index is 448. The molecule has 0 bridgehead atoms. The summed E-state index contributed by atoms with van der Waals surface area (Å²) in [5, 5.41) is 3.44. The van der Waals surface area contributed by atoms with E-state index in [0.29, 0.717) is 0 Å². The van der Waals surface area contributed by atoms with Crippen molar-refractivity contribution < 1.29 is 0 Å². The molecule has 0 aliphatic carbocycles. The van der Waals surface area contributed by atoms with E-state index in [9.17, 15) is 0 Å². The highest BCUT2D eigenvalue weighted by molar-refractivity contribution is 5.14. The van der Waals surface area contributed by atoms with Crippen molar-refractivity contribution in [2.45, 2.75) is 46.7 Å². The van der Waals surface area contributed by atoms with Crippen LogP contribution in [0.4, 0.5) is 0 Å². The summed E-state index contributed by atoms with van der Waals surface area (Å²) < 4.78 is 2.14. The van der Waals surface area contributed by atoms with Crippen molar-refractivity contribution in [2.75, 3.05) is 6.54 Å². The Morgan fingerprint density at radius 3 is 2.45 bits per heavy atom. The molecule has 1 aromatic carbocycles. The van der Waals surface area contributed by atoms with Gasteiger partial charge in [-0.05, 0) is 25.5 Å². The van der Waals surface area contributed by atoms with E-state index in [1.807, 2.05) is 19.3 Å². The summed E-state index contributed by atoms with van der Waals surface area (Å²) in [6, 6.07) is 10.5. The SMILES string of the molecule is CCC.Cc1cn(CCCNCc2ccccc2)cn1. The predicted octanol–water partition coefficient (Wildman–Crippen LogP) is 3.79. The Morgan fingerprint density at radius 2 is 1.85 bits per heavy atom. The van der Waals surface area contributed by atoms with Crippen molar-refractivity contribution in [3.05, 3.63) is 54.1 Å². The van der Waals surface area contributed by atoms with Gasteiger partial charge in [0.1, 0.15) is 0 Å². The summed E-state index contributed by atoms with van der Waals surface area (Å²) in [7, 11) is 0. The lowest BCUT2D eigenvalue weighted by Crippen LogP contribution is -2.16. The molecular formula is C17H27N3. The van der Waals surface area contributed by atoms with Gasteiger partial charge in [-0.2, -0.15) is 0 Å². The lowest BCUT2D eigenvalue weighted by atomic mass is 10.2. The lowest BCUT2D eigenvalue weighted by Gasteiger charge is -2.05. The van der Waals surface area contributed by atoms with Crippen molar-refractivity contribution >= 4 is 0 Å². The van der Waals surface area contributed by atoms with Gasteiger partial charge in [0.05, 0.1) is 12.0 Å². The van der Waals surface area contributed by atoms with E-state index in [1.165, 1.54) is 12.0 Å². The molecule has 3 nitrogen and oxygen atoms in total. The minimum Gasteiger partial charge on any atom is -0.337 e. The number of imidazole rings is 1. The molecule has 0 saturated carbocycles. The molecule has 0 aliphatic rings. The fourth-order valence-corrected chi connectivity index (χ4v) is 1.81. The molecular weight excluding hydrogens is 246 g/mol. The van der Waals surface area contributed by atoms with Crippen LogP contribution in [0.3, 0.4) is 0 Å². The third-order valence-electron chi connectivity index (χ3n) is 2.70. The van der Waals surface area contributed by atoms with Crippen LogP contribution in [-0.4, -0.2) is 16.1 Å². The van der Waals surface area contributed by atoms with Gasteiger partial charge < -0.3 is 9.88 Å². The van der Waals surface area contributed by atoms with Crippen LogP contribution in [0.2, 0.25) is 0 Å². The van der Waals surface area contributed by atoms with E-state index < -0.39 is 0 Å². The fourth-order valence-electron chi connectivity index (χ4n) is 1.81. The van der Waals surface area contributed by atoms with E-state index in [4.69, 9.17) is 0 Å². The van der Waals surface area contributed by atoms with Crippen molar-refractivity contribution in [1.29, 1.82) is 0 Å². The molecule has 2 rings (SSSR count). The second-order valence-corrected chi connectivity index (χ2v) is 4.98. The maximum Gasteiger partial charge on any atom is 0.0949 e. The van der Waals surface area contributed by atoms with Crippen LogP contribution in [0.1, 0.15) is 37.9 Å². The number of aryl methyl sites for hydroxylation is 2. The Labute approximate surface area is 123 Å². The predicted molar refractivity (Wildman–Crippen MR) is 85.7 cm³/mol. The monoisotopic (exact) mass is 273 g/mol. The molecule has 1 N–H and O–H groups in total. The van der Waals surface area contributed by atoms with Crippen molar-refractivity contribution in [3.8, 4) is 0 Å². The third kappa shape index (κ3) is 7.10. The maximum atomic E-state index is 4.21. The molecule has 0 aliphatic heterocycles. The van der Waals surface area contributed by atoms with Crippen LogP contribution >= 0.6 is 0 Å². The van der Waals surface area contributed by atoms with Gasteiger partial charge in [0.15, 0.2) is 0 Å². The highest BCUT2D eigenvalue weighted by atomic mass is 15.0. The topological polar surface area (TPSA) is 29.9 Å². The Morgan fingerprint density at radius 1 is 1.15 bits per heavy atom. The largest absolute Gasteiger partial charge is 0.337 e. The minimum absolute atomic E-state index is 0.948. The zero-order chi connectivity index (χ0) is 14.6. The first-order valence-corrected chi connectivity index (χ1v) is 7.49. The molecule has 0 spiro atoms. The van der Waals surface area contributed by atoms with Gasteiger partial charge in [-0.25, -0.2) is 4.98 Å². The average Bonchev–Trinajstić information content (AvgIpc) is 2.86. The highest BCUT2D eigenvalue weighted by Crippen LogP contribution is 1.98. The van der Waals surface area contributed by atoms with Crippen LogP contribution in [0.5, 0.6) is 0 Å². The first-order valence-electron chi connectivity index (χ1n) is 7.49. The second-order valence-electron chi connectivity index (χ2n) is 4.98. The first-order chi connectivity index (χ1) is 9.76. The molecule has 0 amide bonds. The number of nitrogens with one attached hydrogen (secondary N) is 1. The number of benzene rings is 1. The van der Waals surface area contributed by atoms with Crippen molar-refractivity contribution in [1.82, 2.24) is 14.9 Å². The normalized spacial score (nSPS) is 9.95. The Hall–Kier alpha value is -1.61. The minimum atomic E-state index is 0.948. The van der Waals surface area contributed by atoms with Gasteiger partial charge in [-0.3, -0.25) is 0 Å². The molecule has 0 fully saturated rings. The lowest BCUT2D eigenvalue weighted by molar-refractivity contribution is 0.580. The number of rotatable bonds is 6. The van der Waals surface area contributed by atoms with E-state index in [2.05, 4.69) is 59.2 Å². The number of aromatic nitrogens is 2. The number of nitrogens with zero attached hydrogens (tertiary/aromatic N) is 2. The fraction of sp³-hybridized carbons (Fsp3) is 0.471. The van der Waals surface area contributed by atoms with Crippen LogP contribution in [-0.2, 0) is 13.1 Å². The molecule has 110 valence electrons. The first kappa shape index (κ1) is 16.4. The van der Waals surface area contributed by atoms with E-state index >= 15 is 0 Å². The smallest absolute Gasteiger partial charge is 0.0949 e. The Kier molecular flexibility index (Phi) is 8.40. The molecule has 20 heavy (non-hydrogen) atoms. The highest BCUT2D eigenvalue weighted by Gasteiger charge is 1.94. The van der Waals surface area contributed by atoms with Crippen LogP contribution in [0.15, 0.2) is 42.9 Å². The number of hydrogen-bond acceptors (Lipinski definition) is 2. The molecule has 3 heteroatoms. The van der Waals surface area contributed by atoms with Gasteiger partial charge in [0, 0.05) is 19.3 Å².